The number of rotatable bonds is 0. The zero-order chi connectivity index (χ0) is 10.4. The van der Waals surface area contributed by atoms with Crippen molar-refractivity contribution in [1.29, 1.82) is 0 Å². The fraction of sp³-hybridized carbons (Fsp3) is 0.143. The SMILES string of the molecule is Cc1ccc2c(c1)[se]c1cc(C)ccc12. The molecule has 1 heteroatoms. The normalized spacial score (nSPS) is 11.3. The fourth-order valence-electron chi connectivity index (χ4n) is 1.99. The molecule has 1 aromatic heterocycles. The standard InChI is InChI=1S/C14H12Se/c1-9-3-5-11-12-6-4-10(2)8-14(12)15-13(11)7-9/h3-8H,1-2H3. The van der Waals surface area contributed by atoms with E-state index in [-0.39, 0.29) is 0 Å². The van der Waals surface area contributed by atoms with Gasteiger partial charge in [-0.3, -0.25) is 0 Å². The molecule has 3 aromatic rings. The van der Waals surface area contributed by atoms with Gasteiger partial charge in [-0.2, -0.15) is 0 Å². The summed E-state index contributed by atoms with van der Waals surface area (Å²) in [6.45, 7) is 4.34. The molecule has 1 heterocycles. The van der Waals surface area contributed by atoms with Gasteiger partial charge in [-0.15, -0.1) is 0 Å². The van der Waals surface area contributed by atoms with E-state index in [1.165, 1.54) is 21.9 Å². The Labute approximate surface area is 95.3 Å². The van der Waals surface area contributed by atoms with Gasteiger partial charge in [0.1, 0.15) is 0 Å². The quantitative estimate of drug-likeness (QED) is 0.540. The van der Waals surface area contributed by atoms with E-state index in [1.54, 1.807) is 8.52 Å². The second kappa shape index (κ2) is 3.23. The Morgan fingerprint density at radius 3 is 1.67 bits per heavy atom. The first-order chi connectivity index (χ1) is 7.24. The molecule has 0 unspecified atom stereocenters. The van der Waals surface area contributed by atoms with Gasteiger partial charge in [0.25, 0.3) is 0 Å². The Balaban J connectivity index is 2.51. The predicted octanol–water partition coefficient (Wildman–Crippen LogP) is 3.67. The van der Waals surface area contributed by atoms with Crippen LogP contribution in [0.3, 0.4) is 0 Å². The Kier molecular flexibility index (Phi) is 1.98. The summed E-state index contributed by atoms with van der Waals surface area (Å²) in [6.07, 6.45) is 0. The van der Waals surface area contributed by atoms with Crippen molar-refractivity contribution in [2.45, 2.75) is 13.8 Å². The van der Waals surface area contributed by atoms with Crippen molar-refractivity contribution in [3.05, 3.63) is 47.5 Å². The molecule has 0 atom stereocenters. The molecule has 74 valence electrons. The van der Waals surface area contributed by atoms with Crippen LogP contribution in [0.4, 0.5) is 0 Å². The van der Waals surface area contributed by atoms with E-state index in [0.717, 1.165) is 0 Å². The zero-order valence-electron chi connectivity index (χ0n) is 8.87. The van der Waals surface area contributed by atoms with Crippen molar-refractivity contribution in [2.24, 2.45) is 0 Å². The van der Waals surface area contributed by atoms with Crippen LogP contribution < -0.4 is 0 Å². The van der Waals surface area contributed by atoms with Crippen LogP contribution in [-0.4, -0.2) is 14.5 Å². The van der Waals surface area contributed by atoms with Crippen LogP contribution in [0.5, 0.6) is 0 Å². The molecule has 0 radical (unpaired) electrons. The first kappa shape index (κ1) is 9.20. The summed E-state index contributed by atoms with van der Waals surface area (Å²) in [6, 6.07) is 13.6. The van der Waals surface area contributed by atoms with E-state index < -0.39 is 0 Å². The average molecular weight is 259 g/mol. The van der Waals surface area contributed by atoms with Crippen molar-refractivity contribution in [3.63, 3.8) is 0 Å². The second-order valence-corrected chi connectivity index (χ2v) is 6.38. The van der Waals surface area contributed by atoms with Gasteiger partial charge in [0, 0.05) is 0 Å². The minimum absolute atomic E-state index is 0.517. The van der Waals surface area contributed by atoms with E-state index in [2.05, 4.69) is 50.2 Å². The van der Waals surface area contributed by atoms with Crippen LogP contribution in [0, 0.1) is 13.8 Å². The van der Waals surface area contributed by atoms with Gasteiger partial charge in [0.15, 0.2) is 0 Å². The maximum absolute atomic E-state index is 2.34. The van der Waals surface area contributed by atoms with Gasteiger partial charge in [-0.1, -0.05) is 0 Å². The number of aryl methyl sites for hydroxylation is 2. The molecule has 2 aromatic carbocycles. The van der Waals surface area contributed by atoms with Gasteiger partial charge < -0.3 is 0 Å². The van der Waals surface area contributed by atoms with Crippen molar-refractivity contribution in [3.8, 4) is 0 Å². The molecule has 3 rings (SSSR count). The third-order valence-corrected chi connectivity index (χ3v) is 5.12. The van der Waals surface area contributed by atoms with Gasteiger partial charge in [-0.25, -0.2) is 0 Å². The summed E-state index contributed by atoms with van der Waals surface area (Å²) < 4.78 is 3.09. The van der Waals surface area contributed by atoms with Crippen LogP contribution in [0.2, 0.25) is 0 Å². The van der Waals surface area contributed by atoms with E-state index in [1.807, 2.05) is 0 Å². The van der Waals surface area contributed by atoms with Crippen LogP contribution >= 0.6 is 0 Å². The van der Waals surface area contributed by atoms with E-state index >= 15 is 0 Å². The Bertz CT molecular complexity index is 591. The summed E-state index contributed by atoms with van der Waals surface area (Å²) in [4.78, 5) is 0. The van der Waals surface area contributed by atoms with Crippen LogP contribution in [0.1, 0.15) is 11.1 Å². The molecular formula is C14H12Se. The molecule has 0 aliphatic carbocycles. The van der Waals surface area contributed by atoms with Crippen molar-refractivity contribution >= 4 is 33.8 Å². The summed E-state index contributed by atoms with van der Waals surface area (Å²) in [7, 11) is 0. The summed E-state index contributed by atoms with van der Waals surface area (Å²) in [5, 5.41) is 2.91. The maximum atomic E-state index is 2.34. The van der Waals surface area contributed by atoms with E-state index in [4.69, 9.17) is 0 Å². The third-order valence-electron chi connectivity index (χ3n) is 2.78. The minimum atomic E-state index is 0.517. The topological polar surface area (TPSA) is 0 Å². The van der Waals surface area contributed by atoms with Crippen LogP contribution in [-0.2, 0) is 0 Å². The Hall–Kier alpha value is -1.04. The average Bonchev–Trinajstić information content (AvgIpc) is 2.53. The van der Waals surface area contributed by atoms with Gasteiger partial charge in [0.2, 0.25) is 0 Å². The molecule has 0 saturated heterocycles. The monoisotopic (exact) mass is 260 g/mol. The first-order valence-electron chi connectivity index (χ1n) is 5.13. The van der Waals surface area contributed by atoms with Gasteiger partial charge >= 0.3 is 95.2 Å². The van der Waals surface area contributed by atoms with Gasteiger partial charge in [-0.05, 0) is 0 Å². The number of benzene rings is 2. The molecule has 0 amide bonds. The molecule has 0 spiro atoms. The molecule has 0 N–H and O–H groups in total. The molecule has 0 aliphatic heterocycles. The van der Waals surface area contributed by atoms with Crippen LogP contribution in [0.25, 0.3) is 19.3 Å². The van der Waals surface area contributed by atoms with Gasteiger partial charge in [0.05, 0.1) is 0 Å². The van der Waals surface area contributed by atoms with Crippen LogP contribution in [0.15, 0.2) is 36.4 Å². The third kappa shape index (κ3) is 1.43. The first-order valence-corrected chi connectivity index (χ1v) is 6.85. The number of fused-ring (bicyclic) bond motifs is 3. The predicted molar refractivity (Wildman–Crippen MR) is 67.9 cm³/mol. The molecule has 0 fully saturated rings. The second-order valence-electron chi connectivity index (χ2n) is 4.10. The molecule has 0 aliphatic rings. The fourth-order valence-corrected chi connectivity index (χ4v) is 4.72. The number of hydrogen-bond donors (Lipinski definition) is 0. The van der Waals surface area contributed by atoms with E-state index in [9.17, 15) is 0 Å². The molecule has 0 bridgehead atoms. The Morgan fingerprint density at radius 1 is 0.733 bits per heavy atom. The molecule has 0 nitrogen and oxygen atoms in total. The van der Waals surface area contributed by atoms with Crippen molar-refractivity contribution in [2.75, 3.05) is 0 Å². The summed E-state index contributed by atoms with van der Waals surface area (Å²) in [5.74, 6) is 0. The zero-order valence-corrected chi connectivity index (χ0v) is 10.6. The molecule has 15 heavy (non-hydrogen) atoms. The van der Waals surface area contributed by atoms with Crippen molar-refractivity contribution in [1.82, 2.24) is 0 Å². The summed E-state index contributed by atoms with van der Waals surface area (Å²) >= 11 is 0.517. The molecular weight excluding hydrogens is 247 g/mol. The van der Waals surface area contributed by atoms with E-state index in [0.29, 0.717) is 14.5 Å². The summed E-state index contributed by atoms with van der Waals surface area (Å²) in [5.41, 5.74) is 2.75. The number of hydrogen-bond acceptors (Lipinski definition) is 0. The Morgan fingerprint density at radius 2 is 1.20 bits per heavy atom. The van der Waals surface area contributed by atoms with Crippen molar-refractivity contribution < 1.29 is 0 Å². The molecule has 0 saturated carbocycles.